The topological polar surface area (TPSA) is 67.9 Å². The third kappa shape index (κ3) is 5.32. The van der Waals surface area contributed by atoms with Crippen LogP contribution in [0.5, 0.6) is 5.75 Å². The second-order valence-electron chi connectivity index (χ2n) is 12.2. The number of methoxy groups -OCH3 is 1. The lowest BCUT2D eigenvalue weighted by atomic mass is 9.64. The Balaban J connectivity index is 1.47. The number of hydrogen-bond donors (Lipinski definition) is 1. The fourth-order valence-electron chi connectivity index (χ4n) is 6.78. The smallest absolute Gasteiger partial charge is 0.123 e. The van der Waals surface area contributed by atoms with E-state index in [2.05, 4.69) is 70.9 Å². The number of rotatable bonds is 11. The van der Waals surface area contributed by atoms with Gasteiger partial charge in [0.1, 0.15) is 5.75 Å². The molecule has 4 atom stereocenters. The summed E-state index contributed by atoms with van der Waals surface area (Å²) in [6, 6.07) is 27.8. The lowest BCUT2D eigenvalue weighted by Crippen LogP contribution is -2.50. The second kappa shape index (κ2) is 11.6. The van der Waals surface area contributed by atoms with Crippen LogP contribution in [0.15, 0.2) is 78.9 Å². The monoisotopic (exact) mass is 560 g/mol. The Kier molecular flexibility index (Phi) is 8.39. The molecular weight excluding hydrogens is 518 g/mol. The van der Waals surface area contributed by atoms with Crippen molar-refractivity contribution in [2.45, 2.75) is 58.2 Å². The van der Waals surface area contributed by atoms with Gasteiger partial charge in [-0.1, -0.05) is 74.5 Å². The molecule has 2 fully saturated rings. The SMILES string of the molecule is COc1ccc(N(S(=O)[O-])C(C)(C)C(C)C)cc1CNC1CN2CCC1(C(c1ccccc1)c1ccccc1)C2. The van der Waals surface area contributed by atoms with Crippen molar-refractivity contribution in [1.29, 1.82) is 0 Å². The van der Waals surface area contributed by atoms with Crippen molar-refractivity contribution in [3.8, 4) is 5.75 Å². The summed E-state index contributed by atoms with van der Waals surface area (Å²) >= 11 is -2.41. The fraction of sp³-hybridized carbons (Fsp3) is 0.455. The van der Waals surface area contributed by atoms with Gasteiger partial charge in [-0.3, -0.25) is 8.51 Å². The molecule has 214 valence electrons. The van der Waals surface area contributed by atoms with Crippen LogP contribution in [0, 0.1) is 11.3 Å². The molecule has 0 aliphatic carbocycles. The van der Waals surface area contributed by atoms with Crippen molar-refractivity contribution in [1.82, 2.24) is 10.2 Å². The van der Waals surface area contributed by atoms with Gasteiger partial charge in [-0.15, -0.1) is 0 Å². The van der Waals surface area contributed by atoms with E-state index in [0.29, 0.717) is 12.2 Å². The van der Waals surface area contributed by atoms with Crippen molar-refractivity contribution in [3.05, 3.63) is 95.6 Å². The van der Waals surface area contributed by atoms with Gasteiger partial charge >= 0.3 is 0 Å². The van der Waals surface area contributed by atoms with E-state index in [4.69, 9.17) is 4.74 Å². The maximum absolute atomic E-state index is 12.4. The summed E-state index contributed by atoms with van der Waals surface area (Å²) in [5.74, 6) is 1.17. The summed E-state index contributed by atoms with van der Waals surface area (Å²) in [6.07, 6.45) is 1.13. The summed E-state index contributed by atoms with van der Waals surface area (Å²) in [7, 11) is 1.67. The highest BCUT2D eigenvalue weighted by molar-refractivity contribution is 7.80. The maximum atomic E-state index is 12.4. The van der Waals surface area contributed by atoms with Gasteiger partial charge in [0.05, 0.1) is 7.11 Å². The van der Waals surface area contributed by atoms with Crippen LogP contribution in [0.1, 0.15) is 56.7 Å². The molecule has 2 bridgehead atoms. The van der Waals surface area contributed by atoms with Crippen LogP contribution in [0.25, 0.3) is 0 Å². The van der Waals surface area contributed by atoms with E-state index in [0.717, 1.165) is 37.4 Å². The molecule has 0 saturated carbocycles. The first-order valence-corrected chi connectivity index (χ1v) is 15.3. The van der Waals surface area contributed by atoms with Gasteiger partial charge in [-0.2, -0.15) is 0 Å². The van der Waals surface area contributed by atoms with E-state index >= 15 is 0 Å². The summed E-state index contributed by atoms with van der Waals surface area (Å²) in [5, 5.41) is 3.93. The number of fused-ring (bicyclic) bond motifs is 2. The molecule has 0 radical (unpaired) electrons. The van der Waals surface area contributed by atoms with Crippen molar-refractivity contribution in [3.63, 3.8) is 0 Å². The molecular formula is C33H42N3O3S-. The van der Waals surface area contributed by atoms with E-state index in [1.54, 1.807) is 7.11 Å². The highest BCUT2D eigenvalue weighted by Crippen LogP contribution is 2.53. The molecule has 0 aromatic heterocycles. The Morgan fingerprint density at radius 1 is 1.07 bits per heavy atom. The van der Waals surface area contributed by atoms with Crippen LogP contribution in [0.4, 0.5) is 5.69 Å². The minimum Gasteiger partial charge on any atom is -0.755 e. The van der Waals surface area contributed by atoms with Crippen LogP contribution in [0.3, 0.4) is 0 Å². The zero-order chi connectivity index (χ0) is 28.5. The number of anilines is 1. The van der Waals surface area contributed by atoms with Gasteiger partial charge in [0.2, 0.25) is 0 Å². The van der Waals surface area contributed by atoms with E-state index in [-0.39, 0.29) is 23.3 Å². The molecule has 7 heteroatoms. The molecule has 6 nitrogen and oxygen atoms in total. The second-order valence-corrected chi connectivity index (χ2v) is 13.0. The van der Waals surface area contributed by atoms with Crippen LogP contribution >= 0.6 is 0 Å². The fourth-order valence-corrected chi connectivity index (χ4v) is 7.66. The first-order chi connectivity index (χ1) is 19.2. The third-order valence-corrected chi connectivity index (χ3v) is 10.5. The zero-order valence-corrected chi connectivity index (χ0v) is 25.1. The summed E-state index contributed by atoms with van der Waals surface area (Å²) < 4.78 is 32.1. The molecule has 5 rings (SSSR count). The van der Waals surface area contributed by atoms with Crippen LogP contribution in [-0.4, -0.2) is 52.0 Å². The molecule has 2 aliphatic heterocycles. The standard InChI is InChI=1S/C33H43N3O3S/c1-24(2)32(3,4)36(40(37)38)28-16-17-29(39-5)27(20-28)21-34-30-22-35-19-18-33(30,23-35)31(25-12-8-6-9-13-25)26-14-10-7-11-15-26/h6-17,20,24,30-31,34H,18-19,21-23H2,1-5H3,(H,37,38)/p-1. The summed E-state index contributed by atoms with van der Waals surface area (Å²) in [4.78, 5) is 2.58. The largest absolute Gasteiger partial charge is 0.755 e. The van der Waals surface area contributed by atoms with Gasteiger partial charge in [0.15, 0.2) is 0 Å². The normalized spacial score (nSPS) is 23.1. The number of piperidine rings is 1. The van der Waals surface area contributed by atoms with Gasteiger partial charge in [0.25, 0.3) is 0 Å². The van der Waals surface area contributed by atoms with Gasteiger partial charge in [0, 0.05) is 65.1 Å². The predicted molar refractivity (Wildman–Crippen MR) is 162 cm³/mol. The molecule has 0 amide bonds. The van der Waals surface area contributed by atoms with Gasteiger partial charge in [-0.25, -0.2) is 0 Å². The molecule has 3 aromatic carbocycles. The van der Waals surface area contributed by atoms with Gasteiger partial charge < -0.3 is 19.5 Å². The quantitative estimate of drug-likeness (QED) is 0.304. The number of ether oxygens (including phenoxy) is 1. The van der Waals surface area contributed by atoms with Crippen molar-refractivity contribution in [2.75, 3.05) is 31.0 Å². The van der Waals surface area contributed by atoms with Crippen molar-refractivity contribution < 1.29 is 13.5 Å². The van der Waals surface area contributed by atoms with Crippen LogP contribution in [0.2, 0.25) is 0 Å². The highest BCUT2D eigenvalue weighted by atomic mass is 32.2. The molecule has 2 saturated heterocycles. The van der Waals surface area contributed by atoms with E-state index in [9.17, 15) is 8.76 Å². The average Bonchev–Trinajstić information content (AvgIpc) is 3.52. The number of nitrogens with one attached hydrogen (secondary N) is 1. The number of benzene rings is 3. The molecule has 40 heavy (non-hydrogen) atoms. The van der Waals surface area contributed by atoms with Crippen LogP contribution in [-0.2, 0) is 17.8 Å². The highest BCUT2D eigenvalue weighted by Gasteiger charge is 2.55. The Hall–Kier alpha value is -2.71. The first kappa shape index (κ1) is 28.8. The molecule has 1 N–H and O–H groups in total. The van der Waals surface area contributed by atoms with Gasteiger partial charge in [-0.05, 0) is 62.1 Å². The molecule has 2 heterocycles. The summed E-state index contributed by atoms with van der Waals surface area (Å²) in [6.45, 7) is 11.8. The minimum atomic E-state index is -2.41. The number of hydrogen-bond acceptors (Lipinski definition) is 5. The predicted octanol–water partition coefficient (Wildman–Crippen LogP) is 5.73. The van der Waals surface area contributed by atoms with E-state index in [1.807, 2.05) is 45.9 Å². The maximum Gasteiger partial charge on any atom is 0.123 e. The molecule has 4 unspecified atom stereocenters. The third-order valence-electron chi connectivity index (χ3n) is 9.51. The average molecular weight is 561 g/mol. The first-order valence-electron chi connectivity index (χ1n) is 14.3. The molecule has 2 aliphatic rings. The molecule has 3 aromatic rings. The lowest BCUT2D eigenvalue weighted by molar-refractivity contribution is 0.204. The minimum absolute atomic E-state index is 0.0513. The van der Waals surface area contributed by atoms with E-state index in [1.165, 1.54) is 15.4 Å². The van der Waals surface area contributed by atoms with Crippen molar-refractivity contribution in [2.24, 2.45) is 11.3 Å². The number of nitrogens with zero attached hydrogens (tertiary/aromatic N) is 2. The lowest BCUT2D eigenvalue weighted by Gasteiger charge is -2.44. The Morgan fingerprint density at radius 2 is 1.70 bits per heavy atom. The Labute approximate surface area is 242 Å². The van der Waals surface area contributed by atoms with Crippen LogP contribution < -0.4 is 14.4 Å². The Morgan fingerprint density at radius 3 is 2.23 bits per heavy atom. The zero-order valence-electron chi connectivity index (χ0n) is 24.3. The van der Waals surface area contributed by atoms with Crippen molar-refractivity contribution >= 4 is 17.0 Å². The summed E-state index contributed by atoms with van der Waals surface area (Å²) in [5.41, 5.74) is 3.80. The molecule has 0 spiro atoms. The van der Waals surface area contributed by atoms with E-state index < -0.39 is 16.8 Å². The Bertz CT molecular complexity index is 1280.